The van der Waals surface area contributed by atoms with Gasteiger partial charge in [0.25, 0.3) is 0 Å². The highest BCUT2D eigenvalue weighted by molar-refractivity contribution is 6.31. The van der Waals surface area contributed by atoms with Crippen molar-refractivity contribution < 1.29 is 9.18 Å². The van der Waals surface area contributed by atoms with Crippen LogP contribution in [-0.2, 0) is 11.2 Å². The van der Waals surface area contributed by atoms with Gasteiger partial charge >= 0.3 is 0 Å². The average Bonchev–Trinajstić information content (AvgIpc) is 2.83. The van der Waals surface area contributed by atoms with E-state index >= 15 is 0 Å². The number of hydrogen-bond donors (Lipinski definition) is 1. The van der Waals surface area contributed by atoms with Crippen LogP contribution in [0.25, 0.3) is 0 Å². The fourth-order valence-corrected chi connectivity index (χ4v) is 2.93. The van der Waals surface area contributed by atoms with Crippen LogP contribution in [0.2, 0.25) is 5.02 Å². The van der Waals surface area contributed by atoms with Crippen LogP contribution in [0.5, 0.6) is 0 Å². The van der Waals surface area contributed by atoms with Gasteiger partial charge in [-0.25, -0.2) is 9.82 Å². The molecule has 3 nitrogen and oxygen atoms in total. The van der Waals surface area contributed by atoms with E-state index in [-0.39, 0.29) is 17.6 Å². The molecule has 0 aromatic heterocycles. The molecule has 0 aliphatic heterocycles. The normalized spacial score (nSPS) is 18.3. The fraction of sp³-hybridized carbons (Fsp3) is 0.176. The molecule has 2 aromatic rings. The van der Waals surface area contributed by atoms with Crippen molar-refractivity contribution in [2.75, 3.05) is 0 Å². The summed E-state index contributed by atoms with van der Waals surface area (Å²) in [6.45, 7) is 1.41. The van der Waals surface area contributed by atoms with E-state index in [2.05, 4.69) is 10.5 Å². The van der Waals surface area contributed by atoms with E-state index in [0.29, 0.717) is 5.02 Å². The number of hydrogen-bond acceptors (Lipinski definition) is 2. The molecule has 2 aromatic carbocycles. The number of hydrazone groups is 1. The summed E-state index contributed by atoms with van der Waals surface area (Å²) in [6, 6.07) is 12.0. The molecule has 1 unspecified atom stereocenters. The molecular weight excluding hydrogens is 303 g/mol. The Morgan fingerprint density at radius 1 is 1.27 bits per heavy atom. The summed E-state index contributed by atoms with van der Waals surface area (Å²) in [5.74, 6) is -0.531. The summed E-state index contributed by atoms with van der Waals surface area (Å²) in [6.07, 6.45) is 0.722. The highest BCUT2D eigenvalue weighted by atomic mass is 35.5. The summed E-state index contributed by atoms with van der Waals surface area (Å²) in [7, 11) is 0. The molecule has 0 saturated carbocycles. The Morgan fingerprint density at radius 2 is 2.00 bits per heavy atom. The van der Waals surface area contributed by atoms with Crippen LogP contribution in [0, 0.1) is 5.82 Å². The van der Waals surface area contributed by atoms with E-state index in [9.17, 15) is 9.18 Å². The van der Waals surface area contributed by atoms with Crippen molar-refractivity contribution in [3.63, 3.8) is 0 Å². The van der Waals surface area contributed by atoms with E-state index in [0.717, 1.165) is 28.8 Å². The Balaban J connectivity index is 2.04. The van der Waals surface area contributed by atoms with Crippen LogP contribution in [0.15, 0.2) is 47.6 Å². The van der Waals surface area contributed by atoms with Gasteiger partial charge in [0.1, 0.15) is 5.82 Å². The van der Waals surface area contributed by atoms with Gasteiger partial charge in [-0.05, 0) is 41.8 Å². The van der Waals surface area contributed by atoms with E-state index in [4.69, 9.17) is 11.6 Å². The van der Waals surface area contributed by atoms with Crippen LogP contribution in [0.3, 0.4) is 0 Å². The maximum Gasteiger partial charge on any atom is 0.236 e. The Bertz CT molecular complexity index is 756. The summed E-state index contributed by atoms with van der Waals surface area (Å²) < 4.78 is 13.1. The Morgan fingerprint density at radius 3 is 2.68 bits per heavy atom. The SMILES string of the molecule is CC(=O)NN=C1c2ccc(Cl)cc2CC1c1ccc(F)cc1. The highest BCUT2D eigenvalue weighted by Crippen LogP contribution is 2.35. The molecule has 0 radical (unpaired) electrons. The first-order valence-electron chi connectivity index (χ1n) is 6.93. The van der Waals surface area contributed by atoms with Gasteiger partial charge in [-0.1, -0.05) is 29.8 Å². The number of carbonyl (C=O) groups excluding carboxylic acids is 1. The summed E-state index contributed by atoms with van der Waals surface area (Å²) >= 11 is 6.05. The number of fused-ring (bicyclic) bond motifs is 1. The first-order chi connectivity index (χ1) is 10.5. The van der Waals surface area contributed by atoms with Crippen LogP contribution in [-0.4, -0.2) is 11.6 Å². The summed E-state index contributed by atoms with van der Waals surface area (Å²) in [5, 5.41) is 4.92. The molecule has 1 amide bonds. The second-order valence-corrected chi connectivity index (χ2v) is 5.71. The third-order valence-electron chi connectivity index (χ3n) is 3.70. The lowest BCUT2D eigenvalue weighted by Gasteiger charge is -2.12. The molecule has 0 fully saturated rings. The molecule has 5 heteroatoms. The Kier molecular flexibility index (Phi) is 3.94. The maximum absolute atomic E-state index is 13.1. The molecule has 1 aliphatic rings. The zero-order valence-corrected chi connectivity index (χ0v) is 12.7. The van der Waals surface area contributed by atoms with Gasteiger partial charge in [0.15, 0.2) is 0 Å². The number of rotatable bonds is 2. The molecule has 1 atom stereocenters. The number of benzene rings is 2. The molecule has 0 bridgehead atoms. The number of nitrogens with zero attached hydrogens (tertiary/aromatic N) is 1. The van der Waals surface area contributed by atoms with E-state index in [1.54, 1.807) is 18.2 Å². The van der Waals surface area contributed by atoms with Gasteiger partial charge in [0.2, 0.25) is 5.91 Å². The summed E-state index contributed by atoms with van der Waals surface area (Å²) in [5.41, 5.74) is 6.26. The smallest absolute Gasteiger partial charge is 0.236 e. The van der Waals surface area contributed by atoms with E-state index in [1.807, 2.05) is 12.1 Å². The third kappa shape index (κ3) is 2.88. The third-order valence-corrected chi connectivity index (χ3v) is 3.94. The number of carbonyl (C=O) groups is 1. The minimum atomic E-state index is -0.275. The quantitative estimate of drug-likeness (QED) is 0.844. The minimum Gasteiger partial charge on any atom is -0.274 e. The van der Waals surface area contributed by atoms with Crippen molar-refractivity contribution in [1.29, 1.82) is 0 Å². The average molecular weight is 317 g/mol. The second kappa shape index (κ2) is 5.89. The van der Waals surface area contributed by atoms with Crippen molar-refractivity contribution in [2.24, 2.45) is 5.10 Å². The van der Waals surface area contributed by atoms with Crippen molar-refractivity contribution in [3.8, 4) is 0 Å². The molecular formula is C17H14ClFN2O. The number of halogens is 2. The molecule has 22 heavy (non-hydrogen) atoms. The van der Waals surface area contributed by atoms with Crippen molar-refractivity contribution in [2.45, 2.75) is 19.3 Å². The lowest BCUT2D eigenvalue weighted by Crippen LogP contribution is -2.18. The standard InChI is InChI=1S/C17H14ClFN2O/c1-10(22)20-21-17-15-7-4-13(18)8-12(15)9-16(17)11-2-5-14(19)6-3-11/h2-8,16H,9H2,1H3,(H,20,22). The molecule has 3 rings (SSSR count). The van der Waals surface area contributed by atoms with Crippen molar-refractivity contribution in [1.82, 2.24) is 5.43 Å². The van der Waals surface area contributed by atoms with Gasteiger partial charge in [-0.2, -0.15) is 5.10 Å². The van der Waals surface area contributed by atoms with Gasteiger partial charge in [-0.3, -0.25) is 4.79 Å². The van der Waals surface area contributed by atoms with Crippen LogP contribution >= 0.6 is 11.6 Å². The highest BCUT2D eigenvalue weighted by Gasteiger charge is 2.30. The number of amides is 1. The Labute approximate surface area is 132 Å². The van der Waals surface area contributed by atoms with Crippen LogP contribution < -0.4 is 5.43 Å². The Hall–Kier alpha value is -2.20. The maximum atomic E-state index is 13.1. The van der Waals surface area contributed by atoms with Gasteiger partial charge in [0.05, 0.1) is 5.71 Å². The van der Waals surface area contributed by atoms with Crippen LogP contribution in [0.1, 0.15) is 29.5 Å². The monoisotopic (exact) mass is 316 g/mol. The van der Waals surface area contributed by atoms with Crippen LogP contribution in [0.4, 0.5) is 4.39 Å². The molecule has 112 valence electrons. The molecule has 0 saturated heterocycles. The van der Waals surface area contributed by atoms with Gasteiger partial charge in [-0.15, -0.1) is 0 Å². The minimum absolute atomic E-state index is 0.0269. The zero-order chi connectivity index (χ0) is 15.7. The molecule has 1 N–H and O–H groups in total. The molecule has 0 spiro atoms. The lowest BCUT2D eigenvalue weighted by atomic mass is 9.95. The summed E-state index contributed by atoms with van der Waals surface area (Å²) in [4.78, 5) is 11.2. The number of nitrogens with one attached hydrogen (secondary N) is 1. The van der Waals surface area contributed by atoms with E-state index < -0.39 is 0 Å². The second-order valence-electron chi connectivity index (χ2n) is 5.27. The lowest BCUT2D eigenvalue weighted by molar-refractivity contribution is -0.118. The molecule has 1 aliphatic carbocycles. The van der Waals surface area contributed by atoms with E-state index in [1.165, 1.54) is 19.1 Å². The van der Waals surface area contributed by atoms with Crippen molar-refractivity contribution in [3.05, 3.63) is 70.0 Å². The topological polar surface area (TPSA) is 41.5 Å². The zero-order valence-electron chi connectivity index (χ0n) is 11.9. The van der Waals surface area contributed by atoms with Gasteiger partial charge < -0.3 is 0 Å². The first-order valence-corrected chi connectivity index (χ1v) is 7.31. The first kappa shape index (κ1) is 14.7. The largest absolute Gasteiger partial charge is 0.274 e. The predicted octanol–water partition coefficient (Wildman–Crippen LogP) is 3.66. The van der Waals surface area contributed by atoms with Gasteiger partial charge in [0, 0.05) is 23.4 Å². The molecule has 0 heterocycles. The predicted molar refractivity (Wildman–Crippen MR) is 84.7 cm³/mol. The van der Waals surface area contributed by atoms with Crippen molar-refractivity contribution >= 4 is 23.2 Å². The fourth-order valence-electron chi connectivity index (χ4n) is 2.73.